The first-order chi connectivity index (χ1) is 15.7. The number of rotatable bonds is 5. The number of halogens is 4. The number of ether oxygens (including phenoxy) is 1. The van der Waals surface area contributed by atoms with Crippen LogP contribution in [0.15, 0.2) is 54.6 Å². The van der Waals surface area contributed by atoms with Crippen LogP contribution in [-0.2, 0) is 14.3 Å². The molecule has 33 heavy (non-hydrogen) atoms. The zero-order valence-corrected chi connectivity index (χ0v) is 18.1. The van der Waals surface area contributed by atoms with Crippen molar-refractivity contribution >= 4 is 34.8 Å². The molecule has 4 rings (SSSR count). The van der Waals surface area contributed by atoms with E-state index in [1.807, 2.05) is 0 Å². The van der Waals surface area contributed by atoms with Crippen LogP contribution >= 0.6 is 11.6 Å². The molecule has 3 unspecified atom stereocenters. The molecule has 174 valence electrons. The Labute approximate surface area is 192 Å². The van der Waals surface area contributed by atoms with Crippen molar-refractivity contribution in [3.63, 3.8) is 0 Å². The maximum absolute atomic E-state index is 13.9. The van der Waals surface area contributed by atoms with Crippen molar-refractivity contribution in [2.45, 2.75) is 24.3 Å². The summed E-state index contributed by atoms with van der Waals surface area (Å²) in [5.41, 5.74) is 4.18. The van der Waals surface area contributed by atoms with E-state index in [9.17, 15) is 22.8 Å². The third kappa shape index (κ3) is 4.82. The number of nitrogens with zero attached hydrogens (tertiary/aromatic N) is 1. The molecule has 3 atom stereocenters. The number of nitrogens with one attached hydrogen (secondary N) is 3. The maximum atomic E-state index is 13.9. The summed E-state index contributed by atoms with van der Waals surface area (Å²) >= 11 is 5.91. The topological polar surface area (TPSA) is 82.7 Å². The highest BCUT2D eigenvalue weighted by atomic mass is 35.5. The molecule has 0 radical (unpaired) electrons. The first-order valence-electron chi connectivity index (χ1n) is 9.96. The predicted molar refractivity (Wildman–Crippen MR) is 116 cm³/mol. The van der Waals surface area contributed by atoms with Crippen LogP contribution in [0.2, 0.25) is 5.02 Å². The lowest BCUT2D eigenvalue weighted by molar-refractivity contribution is -0.161. The van der Waals surface area contributed by atoms with Gasteiger partial charge < -0.3 is 15.4 Å². The van der Waals surface area contributed by atoms with Gasteiger partial charge in [0.15, 0.2) is 0 Å². The van der Waals surface area contributed by atoms with Crippen molar-refractivity contribution < 1.29 is 27.5 Å². The Morgan fingerprint density at radius 1 is 1.15 bits per heavy atom. The SMILES string of the molecule is COCC(=O)Nc1ccc(C2=CC(=O)N3NC(C(F)(F)F)C(c4ccc(Cl)cc4)C3N2)cc1. The first kappa shape index (κ1) is 23.1. The Hall–Kier alpha value is -3.08. The summed E-state index contributed by atoms with van der Waals surface area (Å²) in [6.07, 6.45) is -4.34. The van der Waals surface area contributed by atoms with Gasteiger partial charge in [0.1, 0.15) is 18.8 Å². The van der Waals surface area contributed by atoms with Gasteiger partial charge in [0.25, 0.3) is 5.91 Å². The fraction of sp³-hybridized carbons (Fsp3) is 0.273. The molecule has 11 heteroatoms. The fourth-order valence-corrected chi connectivity index (χ4v) is 4.09. The minimum Gasteiger partial charge on any atom is -0.375 e. The third-order valence-corrected chi connectivity index (χ3v) is 5.68. The summed E-state index contributed by atoms with van der Waals surface area (Å²) in [4.78, 5) is 24.4. The molecule has 2 heterocycles. The third-order valence-electron chi connectivity index (χ3n) is 5.43. The molecular weight excluding hydrogens is 461 g/mol. The molecule has 2 aliphatic heterocycles. The second-order valence-corrected chi connectivity index (χ2v) is 8.08. The van der Waals surface area contributed by atoms with E-state index < -0.39 is 30.2 Å². The molecule has 3 N–H and O–H groups in total. The van der Waals surface area contributed by atoms with E-state index in [4.69, 9.17) is 16.3 Å². The Balaban J connectivity index is 1.61. The minimum absolute atomic E-state index is 0.0973. The van der Waals surface area contributed by atoms with Crippen molar-refractivity contribution in [1.29, 1.82) is 0 Å². The molecule has 2 amide bonds. The summed E-state index contributed by atoms with van der Waals surface area (Å²) in [5.74, 6) is -2.04. The largest absolute Gasteiger partial charge is 0.406 e. The van der Waals surface area contributed by atoms with Gasteiger partial charge in [0.2, 0.25) is 5.91 Å². The van der Waals surface area contributed by atoms with Gasteiger partial charge in [0.05, 0.1) is 5.92 Å². The summed E-state index contributed by atoms with van der Waals surface area (Å²) in [5, 5.41) is 7.09. The van der Waals surface area contributed by atoms with Crippen LogP contribution in [0.5, 0.6) is 0 Å². The van der Waals surface area contributed by atoms with Gasteiger partial charge >= 0.3 is 6.18 Å². The van der Waals surface area contributed by atoms with Crippen molar-refractivity contribution in [2.75, 3.05) is 19.0 Å². The van der Waals surface area contributed by atoms with Gasteiger partial charge in [-0.25, -0.2) is 5.43 Å². The monoisotopic (exact) mass is 480 g/mol. The number of carbonyl (C=O) groups excluding carboxylic acids is 2. The van der Waals surface area contributed by atoms with E-state index >= 15 is 0 Å². The molecule has 0 aromatic heterocycles. The Kier molecular flexibility index (Phi) is 6.33. The lowest BCUT2D eigenvalue weighted by atomic mass is 9.89. The number of benzene rings is 2. The van der Waals surface area contributed by atoms with E-state index in [0.29, 0.717) is 27.5 Å². The number of anilines is 1. The zero-order chi connectivity index (χ0) is 23.8. The van der Waals surface area contributed by atoms with Crippen molar-refractivity contribution in [3.05, 3.63) is 70.8 Å². The minimum atomic E-state index is -4.59. The molecule has 2 aromatic carbocycles. The van der Waals surface area contributed by atoms with Crippen LogP contribution in [0.25, 0.3) is 5.70 Å². The molecule has 0 aliphatic carbocycles. The van der Waals surface area contributed by atoms with Crippen LogP contribution in [0.1, 0.15) is 17.0 Å². The standard InChI is InChI=1S/C22H20ClF3N4O3/c1-33-11-17(31)27-15-8-4-12(5-9-15)16-10-18(32)30-21(28-16)19(20(29-30)22(24,25)26)13-2-6-14(23)7-3-13/h2-10,19-21,28-29H,11H2,1H3,(H,27,31). The van der Waals surface area contributed by atoms with E-state index in [0.717, 1.165) is 5.01 Å². The number of carbonyl (C=O) groups is 2. The van der Waals surface area contributed by atoms with Crippen molar-refractivity contribution in [2.24, 2.45) is 0 Å². The quantitative estimate of drug-likeness (QED) is 0.612. The number of methoxy groups -OCH3 is 1. The second-order valence-electron chi connectivity index (χ2n) is 7.64. The van der Waals surface area contributed by atoms with Gasteiger partial charge in [-0.1, -0.05) is 35.9 Å². The van der Waals surface area contributed by atoms with Gasteiger partial charge in [-0.2, -0.15) is 13.2 Å². The average Bonchev–Trinajstić information content (AvgIpc) is 3.16. The molecule has 7 nitrogen and oxygen atoms in total. The lowest BCUT2D eigenvalue weighted by Crippen LogP contribution is -2.53. The number of hydrogen-bond acceptors (Lipinski definition) is 5. The fourth-order valence-electron chi connectivity index (χ4n) is 3.97. The second kappa shape index (κ2) is 9.05. The smallest absolute Gasteiger partial charge is 0.375 e. The highest BCUT2D eigenvalue weighted by molar-refractivity contribution is 6.30. The number of alkyl halides is 3. The number of hydrogen-bond donors (Lipinski definition) is 3. The molecule has 1 fully saturated rings. The van der Waals surface area contributed by atoms with Gasteiger partial charge in [-0.05, 0) is 35.4 Å². The summed E-state index contributed by atoms with van der Waals surface area (Å²) in [6, 6.07) is 10.7. The predicted octanol–water partition coefficient (Wildman–Crippen LogP) is 3.26. The Bertz CT molecular complexity index is 1070. The van der Waals surface area contributed by atoms with Crippen LogP contribution < -0.4 is 16.1 Å². The van der Waals surface area contributed by atoms with Gasteiger partial charge in [-0.3, -0.25) is 14.6 Å². The molecule has 0 saturated carbocycles. The molecular formula is C22H20ClF3N4O3. The summed E-state index contributed by atoms with van der Waals surface area (Å²) < 4.78 is 46.3. The van der Waals surface area contributed by atoms with Crippen LogP contribution in [0.4, 0.5) is 18.9 Å². The molecule has 0 spiro atoms. The molecule has 2 aromatic rings. The van der Waals surface area contributed by atoms with E-state index in [2.05, 4.69) is 16.1 Å². The normalized spacial score (nSPS) is 22.5. The number of fused-ring (bicyclic) bond motifs is 1. The first-order valence-corrected chi connectivity index (χ1v) is 10.3. The summed E-state index contributed by atoms with van der Waals surface area (Å²) in [7, 11) is 1.41. The molecule has 0 bridgehead atoms. The van der Waals surface area contributed by atoms with E-state index in [1.165, 1.54) is 37.5 Å². The molecule has 2 aliphatic rings. The lowest BCUT2D eigenvalue weighted by Gasteiger charge is -2.33. The molecule has 1 saturated heterocycles. The van der Waals surface area contributed by atoms with E-state index in [1.54, 1.807) is 24.3 Å². The number of hydrazine groups is 1. The zero-order valence-electron chi connectivity index (χ0n) is 17.3. The highest BCUT2D eigenvalue weighted by Gasteiger charge is 2.57. The maximum Gasteiger partial charge on any atom is 0.406 e. The summed E-state index contributed by atoms with van der Waals surface area (Å²) in [6.45, 7) is -0.0973. The average molecular weight is 481 g/mol. The van der Waals surface area contributed by atoms with E-state index in [-0.39, 0.29) is 12.5 Å². The van der Waals surface area contributed by atoms with Crippen molar-refractivity contribution in [1.82, 2.24) is 15.8 Å². The van der Waals surface area contributed by atoms with Crippen molar-refractivity contribution in [3.8, 4) is 0 Å². The Morgan fingerprint density at radius 2 is 1.82 bits per heavy atom. The van der Waals surface area contributed by atoms with Crippen LogP contribution in [-0.4, -0.2) is 48.9 Å². The van der Waals surface area contributed by atoms with Crippen LogP contribution in [0.3, 0.4) is 0 Å². The highest BCUT2D eigenvalue weighted by Crippen LogP contribution is 2.41. The van der Waals surface area contributed by atoms with Gasteiger partial charge in [-0.15, -0.1) is 0 Å². The number of amides is 2. The Morgan fingerprint density at radius 3 is 2.42 bits per heavy atom. The van der Waals surface area contributed by atoms with Gasteiger partial charge in [0, 0.05) is 29.6 Å². The van der Waals surface area contributed by atoms with Crippen LogP contribution in [0, 0.1) is 0 Å².